The second-order valence-electron chi connectivity index (χ2n) is 8.75. The Morgan fingerprint density at radius 3 is 2.74 bits per heavy atom. The molecule has 2 aliphatic rings. The Bertz CT molecular complexity index is 1850. The van der Waals surface area contributed by atoms with Gasteiger partial charge in [0.05, 0.1) is 38.5 Å². The predicted octanol–water partition coefficient (Wildman–Crippen LogP) is 5.09. The highest BCUT2D eigenvalue weighted by Gasteiger charge is 2.34. The third-order valence-electron chi connectivity index (χ3n) is 6.33. The molecule has 39 heavy (non-hydrogen) atoms. The summed E-state index contributed by atoms with van der Waals surface area (Å²) < 4.78 is 24.2. The first-order valence-electron chi connectivity index (χ1n) is 12.0. The molecule has 0 unspecified atom stereocenters. The Hall–Kier alpha value is -3.79. The predicted molar refractivity (Wildman–Crippen MR) is 147 cm³/mol. The number of nitrogens with zero attached hydrogens (tertiary/aromatic N) is 2. The second-order valence-corrected chi connectivity index (χ2v) is 10.6. The van der Waals surface area contributed by atoms with Crippen LogP contribution < -0.4 is 24.4 Å². The van der Waals surface area contributed by atoms with E-state index in [1.807, 2.05) is 6.07 Å². The summed E-state index contributed by atoms with van der Waals surface area (Å²) in [4.78, 5) is 31.9. The number of ether oxygens (including phenoxy) is 3. The van der Waals surface area contributed by atoms with E-state index in [-0.39, 0.29) is 24.5 Å². The summed E-state index contributed by atoms with van der Waals surface area (Å²) in [5, 5.41) is 0.861. The molecule has 0 amide bonds. The number of fused-ring (bicyclic) bond motifs is 2. The maximum absolute atomic E-state index is 13.8. The normalized spacial score (nSPS) is 16.3. The Balaban J connectivity index is 1.47. The van der Waals surface area contributed by atoms with Gasteiger partial charge in [0.15, 0.2) is 16.3 Å². The molecule has 1 atom stereocenters. The number of hydrogen-bond acceptors (Lipinski definition) is 8. The van der Waals surface area contributed by atoms with Crippen LogP contribution >= 0.6 is 34.5 Å². The van der Waals surface area contributed by atoms with Gasteiger partial charge in [-0.05, 0) is 61.9 Å². The molecule has 0 fully saturated rings. The topological polar surface area (TPSA) is 92.3 Å². The zero-order valence-corrected chi connectivity index (χ0v) is 23.0. The lowest BCUT2D eigenvalue weighted by atomic mass is 9.95. The van der Waals surface area contributed by atoms with Gasteiger partial charge in [0.25, 0.3) is 5.56 Å². The van der Waals surface area contributed by atoms with E-state index in [2.05, 4.69) is 4.99 Å². The molecule has 0 saturated carbocycles. The molecule has 11 heteroatoms. The van der Waals surface area contributed by atoms with Crippen LogP contribution in [0.4, 0.5) is 0 Å². The molecule has 8 nitrogen and oxygen atoms in total. The highest BCUT2D eigenvalue weighted by Crippen LogP contribution is 2.38. The summed E-state index contributed by atoms with van der Waals surface area (Å²) >= 11 is 13.4. The van der Waals surface area contributed by atoms with Crippen molar-refractivity contribution in [3.63, 3.8) is 0 Å². The molecule has 0 bridgehead atoms. The summed E-state index contributed by atoms with van der Waals surface area (Å²) in [7, 11) is 0. The van der Waals surface area contributed by atoms with Gasteiger partial charge < -0.3 is 18.6 Å². The van der Waals surface area contributed by atoms with Crippen LogP contribution in [-0.4, -0.2) is 23.9 Å². The van der Waals surface area contributed by atoms with Crippen molar-refractivity contribution in [2.75, 3.05) is 13.4 Å². The van der Waals surface area contributed by atoms with Crippen molar-refractivity contribution in [1.82, 2.24) is 4.57 Å². The first-order valence-corrected chi connectivity index (χ1v) is 13.6. The van der Waals surface area contributed by atoms with Crippen LogP contribution in [0.2, 0.25) is 10.0 Å². The lowest BCUT2D eigenvalue weighted by Crippen LogP contribution is -2.39. The summed E-state index contributed by atoms with van der Waals surface area (Å²) in [6.07, 6.45) is 1.66. The Morgan fingerprint density at radius 1 is 1.13 bits per heavy atom. The van der Waals surface area contributed by atoms with Crippen LogP contribution in [0, 0.1) is 0 Å². The van der Waals surface area contributed by atoms with Crippen LogP contribution in [0.3, 0.4) is 0 Å². The standard InChI is InChI=1S/C28H20Cl2N2O6S/c1-3-35-27(34)24-14(2)31-28-32(25(24)16-5-8-21-22(11-16)37-13-36-21)26(33)23(39-28)12-17-6-9-20(38-17)15-4-7-18(29)19(30)10-15/h4-12,25H,3,13H2,1-2H3/b23-12-/t25-/m0/s1. The quantitative estimate of drug-likeness (QED) is 0.304. The number of halogens is 2. The number of carbonyl (C=O) groups excluding carboxylic acids is 1. The summed E-state index contributed by atoms with van der Waals surface area (Å²) in [6.45, 7) is 3.76. The molecule has 2 aromatic heterocycles. The fraction of sp³-hybridized carbons (Fsp3) is 0.179. The van der Waals surface area contributed by atoms with Gasteiger partial charge in [0.2, 0.25) is 6.79 Å². The number of hydrogen-bond donors (Lipinski definition) is 0. The third kappa shape index (κ3) is 4.56. The maximum Gasteiger partial charge on any atom is 0.338 e. The van der Waals surface area contributed by atoms with Gasteiger partial charge in [0, 0.05) is 11.6 Å². The number of furan rings is 1. The van der Waals surface area contributed by atoms with Crippen molar-refractivity contribution in [2.24, 2.45) is 4.99 Å². The number of rotatable bonds is 5. The van der Waals surface area contributed by atoms with E-state index in [1.54, 1.807) is 62.4 Å². The highest BCUT2D eigenvalue weighted by molar-refractivity contribution is 7.07. The lowest BCUT2D eigenvalue weighted by Gasteiger charge is -2.24. The maximum atomic E-state index is 13.8. The molecular formula is C28H20Cl2N2O6S. The molecule has 0 aliphatic carbocycles. The number of benzene rings is 2. The lowest BCUT2D eigenvalue weighted by molar-refractivity contribution is -0.139. The Kier molecular flexibility index (Phi) is 6.58. The average Bonchev–Trinajstić information content (AvgIpc) is 3.64. The fourth-order valence-corrected chi connectivity index (χ4v) is 5.88. The number of carbonyl (C=O) groups is 1. The highest BCUT2D eigenvalue weighted by atomic mass is 35.5. The number of allylic oxidation sites excluding steroid dienone is 1. The first kappa shape index (κ1) is 25.5. The SMILES string of the molecule is CCOC(=O)C1=C(C)N=c2s/c(=C\c3ccc(-c4ccc(Cl)c(Cl)c4)o3)c(=O)n2[C@H]1c1ccc2c(c1)OCO2. The van der Waals surface area contributed by atoms with Crippen molar-refractivity contribution in [3.05, 3.63) is 101 Å². The minimum absolute atomic E-state index is 0.106. The van der Waals surface area contributed by atoms with Crippen LogP contribution in [-0.2, 0) is 9.53 Å². The Labute approximate surface area is 236 Å². The van der Waals surface area contributed by atoms with E-state index in [1.165, 1.54) is 15.9 Å². The van der Waals surface area contributed by atoms with Gasteiger partial charge in [-0.25, -0.2) is 9.79 Å². The molecule has 0 saturated heterocycles. The third-order valence-corrected chi connectivity index (χ3v) is 8.06. The van der Waals surface area contributed by atoms with Crippen molar-refractivity contribution in [3.8, 4) is 22.8 Å². The smallest absolute Gasteiger partial charge is 0.338 e. The summed E-state index contributed by atoms with van der Waals surface area (Å²) in [5.74, 6) is 1.65. The van der Waals surface area contributed by atoms with E-state index in [4.69, 9.17) is 41.8 Å². The van der Waals surface area contributed by atoms with Gasteiger partial charge in [-0.3, -0.25) is 9.36 Å². The van der Waals surface area contributed by atoms with Crippen LogP contribution in [0.1, 0.15) is 31.2 Å². The van der Waals surface area contributed by atoms with Crippen molar-refractivity contribution in [2.45, 2.75) is 19.9 Å². The molecule has 198 valence electrons. The molecule has 6 rings (SSSR count). The first-order chi connectivity index (χ1) is 18.8. The monoisotopic (exact) mass is 582 g/mol. The zero-order valence-electron chi connectivity index (χ0n) is 20.7. The molecular weight excluding hydrogens is 563 g/mol. The largest absolute Gasteiger partial charge is 0.463 e. The molecule has 4 heterocycles. The van der Waals surface area contributed by atoms with Crippen molar-refractivity contribution in [1.29, 1.82) is 0 Å². The summed E-state index contributed by atoms with van der Waals surface area (Å²) in [5.41, 5.74) is 1.87. The van der Waals surface area contributed by atoms with Crippen LogP contribution in [0.15, 0.2) is 74.0 Å². The molecule has 0 N–H and O–H groups in total. The Morgan fingerprint density at radius 2 is 1.95 bits per heavy atom. The minimum atomic E-state index is -0.764. The second kappa shape index (κ2) is 10.1. The van der Waals surface area contributed by atoms with Crippen LogP contribution in [0.5, 0.6) is 11.5 Å². The van der Waals surface area contributed by atoms with Gasteiger partial charge >= 0.3 is 5.97 Å². The van der Waals surface area contributed by atoms with E-state index < -0.39 is 12.0 Å². The molecule has 0 radical (unpaired) electrons. The molecule has 4 aromatic rings. The fourth-order valence-electron chi connectivity index (χ4n) is 4.55. The molecule has 0 spiro atoms. The van der Waals surface area contributed by atoms with Crippen molar-refractivity contribution >= 4 is 46.6 Å². The van der Waals surface area contributed by atoms with E-state index in [9.17, 15) is 9.59 Å². The number of aromatic nitrogens is 1. The zero-order chi connectivity index (χ0) is 27.3. The van der Waals surface area contributed by atoms with E-state index in [0.717, 1.165) is 5.56 Å². The van der Waals surface area contributed by atoms with Gasteiger partial charge in [-0.2, -0.15) is 0 Å². The number of esters is 1. The van der Waals surface area contributed by atoms with E-state index >= 15 is 0 Å². The number of thiazole rings is 1. The van der Waals surface area contributed by atoms with E-state index in [0.29, 0.717) is 53.7 Å². The van der Waals surface area contributed by atoms with Crippen molar-refractivity contribution < 1.29 is 23.4 Å². The minimum Gasteiger partial charge on any atom is -0.463 e. The van der Waals surface area contributed by atoms with Crippen LogP contribution in [0.25, 0.3) is 17.4 Å². The van der Waals surface area contributed by atoms with Gasteiger partial charge in [-0.1, -0.05) is 40.6 Å². The summed E-state index contributed by atoms with van der Waals surface area (Å²) in [6, 6.07) is 13.3. The molecule has 2 aliphatic heterocycles. The van der Waals surface area contributed by atoms with Gasteiger partial charge in [0.1, 0.15) is 11.5 Å². The average molecular weight is 583 g/mol. The molecule has 2 aromatic carbocycles. The van der Waals surface area contributed by atoms with Gasteiger partial charge in [-0.15, -0.1) is 0 Å².